The molecule has 50 heavy (non-hydrogen) atoms. The molecule has 270 valence electrons. The Balaban J connectivity index is 1.34. The maximum atomic E-state index is 13.7. The van der Waals surface area contributed by atoms with Gasteiger partial charge >= 0.3 is 0 Å². The normalized spacial score (nSPS) is 13.2. The fraction of sp³-hybridized carbons (Fsp3) is 0.462. The first-order chi connectivity index (χ1) is 24.1. The van der Waals surface area contributed by atoms with Crippen LogP contribution in [0.3, 0.4) is 0 Å². The molecular weight excluding hydrogens is 634 g/mol. The third-order valence-electron chi connectivity index (χ3n) is 8.77. The van der Waals surface area contributed by atoms with Crippen LogP contribution >= 0.6 is 0 Å². The highest BCUT2D eigenvalue weighted by molar-refractivity contribution is 6.09. The predicted molar refractivity (Wildman–Crippen MR) is 198 cm³/mol. The highest BCUT2D eigenvalue weighted by Crippen LogP contribution is 2.32. The summed E-state index contributed by atoms with van der Waals surface area (Å²) in [5.41, 5.74) is 2.90. The molecule has 1 aliphatic heterocycles. The van der Waals surface area contributed by atoms with Gasteiger partial charge in [0.25, 0.3) is 11.8 Å². The minimum atomic E-state index is -0.342. The molecule has 3 amide bonds. The van der Waals surface area contributed by atoms with Crippen molar-refractivity contribution >= 4 is 29.1 Å². The first-order valence-corrected chi connectivity index (χ1v) is 17.4. The monoisotopic (exact) mass is 687 g/mol. The standard InChI is InChI=1S/C39H53N5O6/c1-29-16-19-33(36(27-29)50-25-11-7-8-15-37(45)44-23-21-42(4)22-24-44)43(5)39(47)30-17-18-32(35(28-30)48-6)40-38(46)31-13-9-10-14-34(31)49-26-12-20-41(2)3/h9-10,13-14,16-19,27-28H,7-8,11-12,15,20-26H2,1-6H3,(H,40,46). The van der Waals surface area contributed by atoms with Crippen molar-refractivity contribution in [3.05, 3.63) is 77.4 Å². The summed E-state index contributed by atoms with van der Waals surface area (Å²) >= 11 is 0. The number of aryl methyl sites for hydroxylation is 1. The molecule has 1 heterocycles. The summed E-state index contributed by atoms with van der Waals surface area (Å²) in [6.07, 6.45) is 3.90. The van der Waals surface area contributed by atoms with Gasteiger partial charge < -0.3 is 39.1 Å². The highest BCUT2D eigenvalue weighted by atomic mass is 16.5. The molecule has 3 aromatic rings. The number of methoxy groups -OCH3 is 1. The second-order valence-electron chi connectivity index (χ2n) is 13.0. The molecule has 0 bridgehead atoms. The molecular formula is C39H53N5O6. The van der Waals surface area contributed by atoms with Crippen LogP contribution < -0.4 is 24.4 Å². The number of amides is 3. The summed E-state index contributed by atoms with van der Waals surface area (Å²) in [4.78, 5) is 47.4. The van der Waals surface area contributed by atoms with Gasteiger partial charge in [0, 0.05) is 51.8 Å². The quantitative estimate of drug-likeness (QED) is 0.184. The zero-order chi connectivity index (χ0) is 36.0. The molecule has 1 N–H and O–H groups in total. The number of hydrogen-bond acceptors (Lipinski definition) is 8. The number of anilines is 2. The Hall–Kier alpha value is -4.61. The number of rotatable bonds is 17. The van der Waals surface area contributed by atoms with Crippen molar-refractivity contribution in [1.29, 1.82) is 0 Å². The second-order valence-corrected chi connectivity index (χ2v) is 13.0. The van der Waals surface area contributed by atoms with Gasteiger partial charge in [-0.25, -0.2) is 0 Å². The molecule has 0 radical (unpaired) electrons. The van der Waals surface area contributed by atoms with Gasteiger partial charge in [-0.3, -0.25) is 14.4 Å². The Morgan fingerprint density at radius 1 is 0.800 bits per heavy atom. The number of nitrogens with one attached hydrogen (secondary N) is 1. The van der Waals surface area contributed by atoms with Crippen molar-refractivity contribution < 1.29 is 28.6 Å². The Morgan fingerprint density at radius 3 is 2.26 bits per heavy atom. The van der Waals surface area contributed by atoms with E-state index in [9.17, 15) is 14.4 Å². The van der Waals surface area contributed by atoms with Crippen molar-refractivity contribution in [2.75, 3.05) is 91.5 Å². The molecule has 0 aromatic heterocycles. The number of unbranched alkanes of at least 4 members (excludes halogenated alkanes) is 2. The molecule has 1 fully saturated rings. The maximum Gasteiger partial charge on any atom is 0.259 e. The molecule has 11 heteroatoms. The van der Waals surface area contributed by atoms with Crippen LogP contribution in [0.15, 0.2) is 60.7 Å². The molecule has 4 rings (SSSR count). The molecule has 0 atom stereocenters. The van der Waals surface area contributed by atoms with Crippen LogP contribution in [0.25, 0.3) is 0 Å². The van der Waals surface area contributed by atoms with E-state index < -0.39 is 0 Å². The molecule has 1 aliphatic rings. The van der Waals surface area contributed by atoms with Crippen LogP contribution in [0.1, 0.15) is 58.4 Å². The lowest BCUT2D eigenvalue weighted by molar-refractivity contribution is -0.132. The van der Waals surface area contributed by atoms with E-state index in [1.807, 2.05) is 50.2 Å². The van der Waals surface area contributed by atoms with E-state index in [0.29, 0.717) is 59.4 Å². The number of likely N-dealkylation sites (N-methyl/N-ethyl adjacent to an activating group) is 1. The van der Waals surface area contributed by atoms with Gasteiger partial charge in [-0.15, -0.1) is 0 Å². The Kier molecular flexibility index (Phi) is 14.5. The van der Waals surface area contributed by atoms with Gasteiger partial charge in [-0.1, -0.05) is 18.2 Å². The molecule has 0 saturated carbocycles. The first kappa shape index (κ1) is 38.2. The minimum absolute atomic E-state index is 0.230. The van der Waals surface area contributed by atoms with E-state index in [-0.39, 0.29) is 17.7 Å². The van der Waals surface area contributed by atoms with E-state index >= 15 is 0 Å². The van der Waals surface area contributed by atoms with E-state index in [1.54, 1.807) is 48.3 Å². The molecule has 0 unspecified atom stereocenters. The minimum Gasteiger partial charge on any atom is -0.495 e. The number of hydrogen-bond donors (Lipinski definition) is 1. The third-order valence-corrected chi connectivity index (χ3v) is 8.77. The number of para-hydroxylation sites is 1. The van der Waals surface area contributed by atoms with Gasteiger partial charge in [-0.05, 0) is 102 Å². The molecule has 0 spiro atoms. The Labute approximate surface area is 297 Å². The molecule has 11 nitrogen and oxygen atoms in total. The van der Waals surface area contributed by atoms with E-state index in [1.165, 1.54) is 7.11 Å². The first-order valence-electron chi connectivity index (χ1n) is 17.4. The zero-order valence-electron chi connectivity index (χ0n) is 30.5. The van der Waals surface area contributed by atoms with Crippen molar-refractivity contribution in [2.45, 2.75) is 39.0 Å². The topological polar surface area (TPSA) is 104 Å². The summed E-state index contributed by atoms with van der Waals surface area (Å²) in [6, 6.07) is 17.8. The molecule has 0 aliphatic carbocycles. The van der Waals surface area contributed by atoms with Crippen molar-refractivity contribution in [3.63, 3.8) is 0 Å². The van der Waals surface area contributed by atoms with Crippen LogP contribution in [0.2, 0.25) is 0 Å². The number of carbonyl (C=O) groups is 3. The van der Waals surface area contributed by atoms with Gasteiger partial charge in [-0.2, -0.15) is 0 Å². The molecule has 1 saturated heterocycles. The van der Waals surface area contributed by atoms with Gasteiger partial charge in [0.1, 0.15) is 17.2 Å². The van der Waals surface area contributed by atoms with Gasteiger partial charge in [0.2, 0.25) is 5.91 Å². The SMILES string of the molecule is COc1cc(C(=O)N(C)c2ccc(C)cc2OCCCCCC(=O)N2CCN(C)CC2)ccc1NC(=O)c1ccccc1OCCCN(C)C. The number of ether oxygens (including phenoxy) is 3. The average Bonchev–Trinajstić information content (AvgIpc) is 3.11. The zero-order valence-corrected chi connectivity index (χ0v) is 30.5. The fourth-order valence-corrected chi connectivity index (χ4v) is 5.73. The largest absolute Gasteiger partial charge is 0.495 e. The fourth-order valence-electron chi connectivity index (χ4n) is 5.73. The summed E-state index contributed by atoms with van der Waals surface area (Å²) < 4.78 is 17.7. The van der Waals surface area contributed by atoms with Crippen LogP contribution in [-0.4, -0.2) is 114 Å². The van der Waals surface area contributed by atoms with E-state index in [0.717, 1.165) is 64.0 Å². The van der Waals surface area contributed by atoms with E-state index in [2.05, 4.69) is 22.2 Å². The number of piperazine rings is 1. The van der Waals surface area contributed by atoms with Crippen molar-refractivity contribution in [3.8, 4) is 17.2 Å². The van der Waals surface area contributed by atoms with Crippen LogP contribution in [-0.2, 0) is 4.79 Å². The number of benzene rings is 3. The predicted octanol–water partition coefficient (Wildman–Crippen LogP) is 5.58. The van der Waals surface area contributed by atoms with E-state index in [4.69, 9.17) is 14.2 Å². The lowest BCUT2D eigenvalue weighted by atomic mass is 10.1. The van der Waals surface area contributed by atoms with Crippen LogP contribution in [0, 0.1) is 6.92 Å². The van der Waals surface area contributed by atoms with Gasteiger partial charge in [0.15, 0.2) is 0 Å². The smallest absolute Gasteiger partial charge is 0.259 e. The summed E-state index contributed by atoms with van der Waals surface area (Å²) in [5, 5.41) is 2.91. The van der Waals surface area contributed by atoms with Crippen LogP contribution in [0.4, 0.5) is 11.4 Å². The summed E-state index contributed by atoms with van der Waals surface area (Å²) in [7, 11) is 9.30. The second kappa shape index (κ2) is 19.0. The maximum absolute atomic E-state index is 13.7. The summed E-state index contributed by atoms with van der Waals surface area (Å²) in [6.45, 7) is 7.29. The number of carbonyl (C=O) groups excluding carboxylic acids is 3. The van der Waals surface area contributed by atoms with Gasteiger partial charge in [0.05, 0.1) is 37.3 Å². The Morgan fingerprint density at radius 2 is 1.52 bits per heavy atom. The average molecular weight is 688 g/mol. The molecule has 3 aromatic carbocycles. The Bertz CT molecular complexity index is 1590. The lowest BCUT2D eigenvalue weighted by Gasteiger charge is -2.32. The summed E-state index contributed by atoms with van der Waals surface area (Å²) in [5.74, 6) is 1.11. The highest BCUT2D eigenvalue weighted by Gasteiger charge is 2.21. The van der Waals surface area contributed by atoms with Crippen molar-refractivity contribution in [2.24, 2.45) is 0 Å². The van der Waals surface area contributed by atoms with Crippen LogP contribution in [0.5, 0.6) is 17.2 Å². The third kappa shape index (κ3) is 10.9. The number of nitrogens with zero attached hydrogens (tertiary/aromatic N) is 4. The lowest BCUT2D eigenvalue weighted by Crippen LogP contribution is -2.47. The van der Waals surface area contributed by atoms with Crippen molar-refractivity contribution in [1.82, 2.24) is 14.7 Å².